The van der Waals surface area contributed by atoms with Gasteiger partial charge in [0.15, 0.2) is 22.6 Å². The molecule has 7 aromatic rings. The van der Waals surface area contributed by atoms with E-state index in [9.17, 15) is 0 Å². The summed E-state index contributed by atoms with van der Waals surface area (Å²) < 4.78 is 19.1. The maximum absolute atomic E-state index is 7.00. The van der Waals surface area contributed by atoms with Crippen LogP contribution in [0.5, 0.6) is 23.1 Å². The van der Waals surface area contributed by atoms with Crippen LogP contribution in [0.4, 0.5) is 17.2 Å². The fourth-order valence-corrected chi connectivity index (χ4v) is 10.7. The van der Waals surface area contributed by atoms with Gasteiger partial charge < -0.3 is 9.47 Å². The van der Waals surface area contributed by atoms with Crippen LogP contribution in [0, 0.1) is 0 Å². The summed E-state index contributed by atoms with van der Waals surface area (Å²) in [6.07, 6.45) is 0. The number of nitrogens with zero attached hydrogens (tertiary/aromatic N) is 3. The summed E-state index contributed by atoms with van der Waals surface area (Å²) in [5, 5.41) is 0. The zero-order valence-corrected chi connectivity index (χ0v) is 29.3. The number of aromatic nitrogens is 2. The number of ether oxygens (including phenoxy) is 2. The van der Waals surface area contributed by atoms with E-state index in [2.05, 4.69) is 169 Å². The Kier molecular flexibility index (Phi) is 4.48. The highest BCUT2D eigenvalue weighted by Crippen LogP contribution is 2.68. The summed E-state index contributed by atoms with van der Waals surface area (Å²) in [4.78, 5) is 2.60. The molecule has 0 aliphatic carbocycles. The van der Waals surface area contributed by atoms with Crippen LogP contribution in [0.25, 0.3) is 33.6 Å². The van der Waals surface area contributed by atoms with Crippen molar-refractivity contribution in [3.8, 4) is 56.8 Å². The van der Waals surface area contributed by atoms with Crippen LogP contribution in [0.2, 0.25) is 0 Å². The van der Waals surface area contributed by atoms with E-state index in [1.165, 1.54) is 61.8 Å². The normalized spacial score (nSPS) is 19.4. The SMILES string of the molecule is CC1(C)c2cccc3c2N2c4c1ccc1c4C45c6c(cccc6Oc6cc(-c7ccc(-c8ccccc8)cc7)cc([n+]64)-c4ccc(c2[n+]45)C3(C)C)O1. The Labute approximate surface area is 301 Å². The summed E-state index contributed by atoms with van der Waals surface area (Å²) in [6, 6.07) is 46.6. The molecule has 0 bridgehead atoms. The molecule has 0 fully saturated rings. The molecule has 0 radical (unpaired) electrons. The first-order chi connectivity index (χ1) is 25.3. The van der Waals surface area contributed by atoms with Crippen LogP contribution in [-0.4, -0.2) is 0 Å². The van der Waals surface area contributed by atoms with Crippen molar-refractivity contribution < 1.29 is 18.6 Å². The van der Waals surface area contributed by atoms with Crippen molar-refractivity contribution in [2.24, 2.45) is 0 Å². The molecule has 1 spiro atoms. The lowest BCUT2D eigenvalue weighted by atomic mass is 9.64. The van der Waals surface area contributed by atoms with Crippen molar-refractivity contribution in [3.63, 3.8) is 0 Å². The molecule has 2 aromatic heterocycles. The van der Waals surface area contributed by atoms with Crippen LogP contribution < -0.4 is 23.5 Å². The Morgan fingerprint density at radius 3 is 1.85 bits per heavy atom. The van der Waals surface area contributed by atoms with Gasteiger partial charge in [-0.15, -0.1) is 9.13 Å². The number of pyridine rings is 2. The molecule has 13 rings (SSSR count). The molecule has 0 saturated carbocycles. The Balaban J connectivity index is 1.18. The van der Waals surface area contributed by atoms with E-state index in [0.717, 1.165) is 45.5 Å². The molecule has 52 heavy (non-hydrogen) atoms. The zero-order valence-electron chi connectivity index (χ0n) is 29.3. The van der Waals surface area contributed by atoms with Crippen LogP contribution in [0.3, 0.4) is 0 Å². The van der Waals surface area contributed by atoms with Gasteiger partial charge in [-0.2, -0.15) is 4.90 Å². The van der Waals surface area contributed by atoms with Gasteiger partial charge in [0.2, 0.25) is 5.69 Å². The van der Waals surface area contributed by atoms with Crippen molar-refractivity contribution >= 4 is 17.2 Å². The number of hydrogen-bond donors (Lipinski definition) is 0. The standard InChI is InChI=1S/C47H33N3O2/c1-45(2)30-12-8-13-31-42(30)48-43-32(45)21-23-38-41(43)47-40-36(51-38)14-9-15-37(40)52-39-25-29(28-18-16-27(17-19-28)26-10-6-5-7-11-26)24-35(49(39)47)34-22-20-33(46(31,3)4)44(48)50(34)47/h5-25H,1-4H3/q+2. The molecule has 1 unspecified atom stereocenters. The van der Waals surface area contributed by atoms with Gasteiger partial charge >= 0.3 is 11.5 Å². The highest BCUT2D eigenvalue weighted by Gasteiger charge is 2.75. The highest BCUT2D eigenvalue weighted by atomic mass is 16.5. The third-order valence-electron chi connectivity index (χ3n) is 13.0. The third-order valence-corrected chi connectivity index (χ3v) is 13.0. The second kappa shape index (κ2) is 8.46. The molecule has 1 atom stereocenters. The van der Waals surface area contributed by atoms with Crippen LogP contribution in [0.1, 0.15) is 61.1 Å². The van der Waals surface area contributed by atoms with Gasteiger partial charge in [-0.05, 0) is 52.6 Å². The van der Waals surface area contributed by atoms with E-state index >= 15 is 0 Å². The van der Waals surface area contributed by atoms with Gasteiger partial charge in [-0.1, -0.05) is 113 Å². The van der Waals surface area contributed by atoms with Gasteiger partial charge in [-0.3, -0.25) is 0 Å². The number of para-hydroxylation sites is 1. The first-order valence-corrected chi connectivity index (χ1v) is 18.3. The molecule has 6 aliphatic heterocycles. The lowest BCUT2D eigenvalue weighted by Crippen LogP contribution is -2.76. The number of anilines is 3. The number of fused-ring (bicyclic) bond motifs is 1. The maximum atomic E-state index is 7.00. The molecule has 0 amide bonds. The van der Waals surface area contributed by atoms with Crippen LogP contribution in [-0.2, 0) is 16.5 Å². The minimum atomic E-state index is -0.739. The second-order valence-corrected chi connectivity index (χ2v) is 16.2. The fourth-order valence-electron chi connectivity index (χ4n) is 10.7. The largest absolute Gasteiger partial charge is 0.455 e. The number of rotatable bonds is 2. The summed E-state index contributed by atoms with van der Waals surface area (Å²) in [5.74, 6) is 4.63. The quantitative estimate of drug-likeness (QED) is 0.171. The van der Waals surface area contributed by atoms with Gasteiger partial charge in [0.25, 0.3) is 11.5 Å². The van der Waals surface area contributed by atoms with E-state index in [4.69, 9.17) is 9.47 Å². The molecular weight excluding hydrogens is 639 g/mol. The van der Waals surface area contributed by atoms with E-state index in [1.807, 2.05) is 0 Å². The Hall–Kier alpha value is -6.20. The predicted octanol–water partition coefficient (Wildman–Crippen LogP) is 10.1. The Morgan fingerprint density at radius 2 is 1.08 bits per heavy atom. The van der Waals surface area contributed by atoms with E-state index in [0.29, 0.717) is 0 Å². The second-order valence-electron chi connectivity index (χ2n) is 16.2. The molecule has 8 heterocycles. The molecule has 0 saturated heterocycles. The summed E-state index contributed by atoms with van der Waals surface area (Å²) in [5.41, 5.74) is 15.9. The van der Waals surface area contributed by atoms with Crippen LogP contribution in [0.15, 0.2) is 127 Å². The van der Waals surface area contributed by atoms with Gasteiger partial charge in [0.1, 0.15) is 17.2 Å². The topological polar surface area (TPSA) is 29.5 Å². The molecule has 5 heteroatoms. The minimum absolute atomic E-state index is 0.230. The Bertz CT molecular complexity index is 2840. The molecule has 246 valence electrons. The minimum Gasteiger partial charge on any atom is -0.455 e. The monoisotopic (exact) mass is 671 g/mol. The van der Waals surface area contributed by atoms with E-state index in [-0.39, 0.29) is 10.8 Å². The molecule has 0 N–H and O–H groups in total. The molecule has 5 nitrogen and oxygen atoms in total. The first-order valence-electron chi connectivity index (χ1n) is 18.3. The predicted molar refractivity (Wildman–Crippen MR) is 200 cm³/mol. The maximum Gasteiger partial charge on any atom is 0.381 e. The van der Waals surface area contributed by atoms with Crippen molar-refractivity contribution in [2.45, 2.75) is 44.2 Å². The smallest absolute Gasteiger partial charge is 0.381 e. The van der Waals surface area contributed by atoms with Crippen molar-refractivity contribution in [3.05, 3.63) is 161 Å². The number of hydrogen-bond acceptors (Lipinski definition) is 3. The van der Waals surface area contributed by atoms with Crippen molar-refractivity contribution in [2.75, 3.05) is 4.90 Å². The molecule has 5 aromatic carbocycles. The third kappa shape index (κ3) is 2.78. The molecular formula is C47H33N3O2+2. The average Bonchev–Trinajstić information content (AvgIpc) is 3.46. The fraction of sp³-hybridized carbons (Fsp3) is 0.149. The lowest BCUT2D eigenvalue weighted by molar-refractivity contribution is -0.936. The van der Waals surface area contributed by atoms with Crippen molar-refractivity contribution in [1.29, 1.82) is 0 Å². The average molecular weight is 672 g/mol. The van der Waals surface area contributed by atoms with Crippen LogP contribution >= 0.6 is 0 Å². The van der Waals surface area contributed by atoms with Crippen molar-refractivity contribution in [1.82, 2.24) is 0 Å². The molecule has 6 aliphatic rings. The summed E-state index contributed by atoms with van der Waals surface area (Å²) >= 11 is 0. The summed E-state index contributed by atoms with van der Waals surface area (Å²) in [6.45, 7) is 9.58. The van der Waals surface area contributed by atoms with E-state index in [1.54, 1.807) is 0 Å². The van der Waals surface area contributed by atoms with E-state index < -0.39 is 5.66 Å². The Morgan fingerprint density at radius 1 is 0.462 bits per heavy atom. The lowest BCUT2D eigenvalue weighted by Gasteiger charge is -2.49. The number of benzene rings is 5. The first kappa shape index (κ1) is 27.5. The zero-order chi connectivity index (χ0) is 34.5. The van der Waals surface area contributed by atoms with Gasteiger partial charge in [-0.25, -0.2) is 0 Å². The summed E-state index contributed by atoms with van der Waals surface area (Å²) in [7, 11) is 0. The van der Waals surface area contributed by atoms with Gasteiger partial charge in [0, 0.05) is 33.6 Å². The van der Waals surface area contributed by atoms with Gasteiger partial charge in [0.05, 0.1) is 11.6 Å². The highest BCUT2D eigenvalue weighted by molar-refractivity contribution is 5.95.